The smallest absolute Gasteiger partial charge is 0.274 e. The number of aromatic amines is 1. The number of hydrogen-bond acceptors (Lipinski definition) is 4. The van der Waals surface area contributed by atoms with Gasteiger partial charge < -0.3 is 9.64 Å². The van der Waals surface area contributed by atoms with Crippen LogP contribution in [0.5, 0.6) is 5.75 Å². The normalized spacial score (nSPS) is 16.5. The largest absolute Gasteiger partial charge is 0.497 e. The lowest BCUT2D eigenvalue weighted by atomic mass is 9.92. The molecule has 3 heterocycles. The van der Waals surface area contributed by atoms with E-state index in [0.717, 1.165) is 53.3 Å². The fourth-order valence-corrected chi connectivity index (χ4v) is 4.18. The quantitative estimate of drug-likeness (QED) is 0.638. The minimum absolute atomic E-state index is 0.00600. The highest BCUT2D eigenvalue weighted by atomic mass is 16.5. The van der Waals surface area contributed by atoms with E-state index in [1.165, 1.54) is 0 Å². The minimum atomic E-state index is -0.00600. The molecule has 0 aliphatic carbocycles. The van der Waals surface area contributed by atoms with Crippen molar-refractivity contribution in [3.05, 3.63) is 65.2 Å². The van der Waals surface area contributed by atoms with Gasteiger partial charge in [0.25, 0.3) is 5.91 Å². The van der Waals surface area contributed by atoms with E-state index in [0.29, 0.717) is 18.2 Å². The van der Waals surface area contributed by atoms with Crippen molar-refractivity contribution in [1.82, 2.24) is 20.1 Å². The maximum atomic E-state index is 13.0. The van der Waals surface area contributed by atoms with Crippen LogP contribution in [0.3, 0.4) is 0 Å². The lowest BCUT2D eigenvalue weighted by Gasteiger charge is -2.32. The van der Waals surface area contributed by atoms with Crippen LogP contribution in [0.25, 0.3) is 11.1 Å². The molecule has 0 spiro atoms. The molecule has 1 aliphatic rings. The van der Waals surface area contributed by atoms with Gasteiger partial charge >= 0.3 is 0 Å². The summed E-state index contributed by atoms with van der Waals surface area (Å²) in [5, 5.41) is 7.24. The van der Waals surface area contributed by atoms with Crippen LogP contribution in [-0.4, -0.2) is 46.2 Å². The van der Waals surface area contributed by atoms with Crippen molar-refractivity contribution in [2.75, 3.05) is 20.2 Å². The van der Waals surface area contributed by atoms with Crippen molar-refractivity contribution in [2.45, 2.75) is 45.4 Å². The monoisotopic (exact) mass is 418 g/mol. The van der Waals surface area contributed by atoms with E-state index in [9.17, 15) is 4.79 Å². The summed E-state index contributed by atoms with van der Waals surface area (Å²) in [6.07, 6.45) is 1.98. The number of piperidine rings is 1. The molecule has 1 aliphatic heterocycles. The number of H-pyrrole nitrogens is 1. The molecule has 3 aromatic rings. The molecule has 2 aromatic heterocycles. The van der Waals surface area contributed by atoms with Crippen LogP contribution in [0.1, 0.15) is 66.1 Å². The number of nitrogens with zero attached hydrogens (tertiary/aromatic N) is 3. The number of carbonyl (C=O) groups is 1. The number of nitrogens with one attached hydrogen (secondary N) is 1. The first-order valence-corrected chi connectivity index (χ1v) is 10.9. The average molecular weight is 419 g/mol. The van der Waals surface area contributed by atoms with Gasteiger partial charge in [-0.15, -0.1) is 0 Å². The second kappa shape index (κ2) is 8.92. The van der Waals surface area contributed by atoms with Gasteiger partial charge in [0.15, 0.2) is 0 Å². The Labute approximate surface area is 183 Å². The maximum Gasteiger partial charge on any atom is 0.274 e. The lowest BCUT2D eigenvalue weighted by molar-refractivity contribution is 0.0700. The van der Waals surface area contributed by atoms with Crippen molar-refractivity contribution in [3.63, 3.8) is 0 Å². The first-order chi connectivity index (χ1) is 14.9. The van der Waals surface area contributed by atoms with Crippen LogP contribution >= 0.6 is 0 Å². The van der Waals surface area contributed by atoms with E-state index in [2.05, 4.69) is 42.2 Å². The Morgan fingerprint density at radius 3 is 2.77 bits per heavy atom. The second-order valence-electron chi connectivity index (χ2n) is 8.61. The first kappa shape index (κ1) is 21.1. The highest BCUT2D eigenvalue weighted by molar-refractivity contribution is 5.92. The zero-order chi connectivity index (χ0) is 22.0. The van der Waals surface area contributed by atoms with Gasteiger partial charge in [0.1, 0.15) is 11.4 Å². The first-order valence-electron chi connectivity index (χ1n) is 10.9. The third-order valence-electron chi connectivity index (χ3n) is 5.94. The molecule has 6 heteroatoms. The number of aryl methyl sites for hydroxylation is 1. The maximum absolute atomic E-state index is 13.0. The lowest BCUT2D eigenvalue weighted by Crippen LogP contribution is -2.39. The molecule has 1 aromatic carbocycles. The minimum Gasteiger partial charge on any atom is -0.497 e. The molecular weight excluding hydrogens is 388 g/mol. The summed E-state index contributed by atoms with van der Waals surface area (Å²) >= 11 is 0. The molecule has 1 amide bonds. The number of hydrogen-bond donors (Lipinski definition) is 1. The molecule has 0 saturated carbocycles. The molecule has 0 bridgehead atoms. The molecular formula is C25H30N4O2. The van der Waals surface area contributed by atoms with Gasteiger partial charge in [0, 0.05) is 36.1 Å². The fourth-order valence-electron chi connectivity index (χ4n) is 4.18. The zero-order valence-electron chi connectivity index (χ0n) is 18.7. The molecule has 1 fully saturated rings. The molecule has 162 valence electrons. The summed E-state index contributed by atoms with van der Waals surface area (Å²) in [4.78, 5) is 19.8. The van der Waals surface area contributed by atoms with Gasteiger partial charge in [0.05, 0.1) is 7.11 Å². The van der Waals surface area contributed by atoms with Gasteiger partial charge in [-0.05, 0) is 67.1 Å². The molecule has 4 rings (SSSR count). The Balaban J connectivity index is 1.56. The second-order valence-corrected chi connectivity index (χ2v) is 8.61. The number of likely N-dealkylation sites (tertiary alicyclic amines) is 1. The molecule has 0 radical (unpaired) electrons. The van der Waals surface area contributed by atoms with Crippen LogP contribution in [0.15, 0.2) is 42.5 Å². The van der Waals surface area contributed by atoms with E-state index >= 15 is 0 Å². The van der Waals surface area contributed by atoms with Crippen molar-refractivity contribution in [1.29, 1.82) is 0 Å². The van der Waals surface area contributed by atoms with Gasteiger partial charge in [-0.25, -0.2) is 0 Å². The van der Waals surface area contributed by atoms with Gasteiger partial charge in [0.2, 0.25) is 0 Å². The molecule has 1 N–H and O–H groups in total. The number of benzene rings is 1. The van der Waals surface area contributed by atoms with Crippen molar-refractivity contribution < 1.29 is 9.53 Å². The van der Waals surface area contributed by atoms with Crippen LogP contribution in [0, 0.1) is 6.92 Å². The summed E-state index contributed by atoms with van der Waals surface area (Å²) < 4.78 is 5.38. The van der Waals surface area contributed by atoms with Crippen molar-refractivity contribution in [2.24, 2.45) is 0 Å². The van der Waals surface area contributed by atoms with Crippen molar-refractivity contribution in [3.8, 4) is 16.9 Å². The van der Waals surface area contributed by atoms with E-state index in [1.807, 2.05) is 36.1 Å². The molecule has 6 nitrogen and oxygen atoms in total. The van der Waals surface area contributed by atoms with Gasteiger partial charge in [-0.3, -0.25) is 14.9 Å². The third-order valence-corrected chi connectivity index (χ3v) is 5.94. The topological polar surface area (TPSA) is 71.1 Å². The summed E-state index contributed by atoms with van der Waals surface area (Å²) in [7, 11) is 1.68. The number of methoxy groups -OCH3 is 1. The predicted molar refractivity (Wildman–Crippen MR) is 122 cm³/mol. The predicted octanol–water partition coefficient (Wildman–Crippen LogP) is 4.93. The molecule has 0 unspecified atom stereocenters. The summed E-state index contributed by atoms with van der Waals surface area (Å²) in [6, 6.07) is 14.2. The summed E-state index contributed by atoms with van der Waals surface area (Å²) in [5.41, 5.74) is 5.73. The Morgan fingerprint density at radius 1 is 1.19 bits per heavy atom. The van der Waals surface area contributed by atoms with Crippen LogP contribution in [-0.2, 0) is 0 Å². The van der Waals surface area contributed by atoms with E-state index in [4.69, 9.17) is 9.72 Å². The number of carbonyl (C=O) groups excluding carboxylic acids is 1. The standard InChI is InChI=1S/C25H30N4O2/c1-16(2)22-14-24(28-27-22)25(30)29-10-6-8-19(15-29)23-13-20(11-17(3)26-23)18-7-5-9-21(12-18)31-4/h5,7,9,11-14,16,19H,6,8,10,15H2,1-4H3,(H,27,28)/t19-/m0/s1. The van der Waals surface area contributed by atoms with E-state index in [1.54, 1.807) is 7.11 Å². The van der Waals surface area contributed by atoms with Gasteiger partial charge in [-0.1, -0.05) is 26.0 Å². The zero-order valence-corrected chi connectivity index (χ0v) is 18.7. The van der Waals surface area contributed by atoms with E-state index < -0.39 is 0 Å². The number of aromatic nitrogens is 3. The highest BCUT2D eigenvalue weighted by Gasteiger charge is 2.28. The number of amides is 1. The number of ether oxygens (including phenoxy) is 1. The third kappa shape index (κ3) is 4.63. The fraction of sp³-hybridized carbons (Fsp3) is 0.400. The Morgan fingerprint density at radius 2 is 2.03 bits per heavy atom. The SMILES string of the molecule is COc1cccc(-c2cc(C)nc([C@H]3CCCN(C(=O)c4cc(C(C)C)[nH]n4)C3)c2)c1. The summed E-state index contributed by atoms with van der Waals surface area (Å²) in [5.74, 6) is 1.36. The van der Waals surface area contributed by atoms with Crippen LogP contribution in [0.2, 0.25) is 0 Å². The summed E-state index contributed by atoms with van der Waals surface area (Å²) in [6.45, 7) is 7.62. The molecule has 31 heavy (non-hydrogen) atoms. The van der Waals surface area contributed by atoms with E-state index in [-0.39, 0.29) is 11.8 Å². The Bertz CT molecular complexity index is 1070. The highest BCUT2D eigenvalue weighted by Crippen LogP contribution is 2.31. The molecule has 1 saturated heterocycles. The molecule has 1 atom stereocenters. The number of rotatable bonds is 5. The average Bonchev–Trinajstić information content (AvgIpc) is 3.29. The van der Waals surface area contributed by atoms with Crippen LogP contribution in [0.4, 0.5) is 0 Å². The number of pyridine rings is 1. The Kier molecular flexibility index (Phi) is 6.07. The van der Waals surface area contributed by atoms with Gasteiger partial charge in [-0.2, -0.15) is 5.10 Å². The van der Waals surface area contributed by atoms with Crippen molar-refractivity contribution >= 4 is 5.91 Å². The van der Waals surface area contributed by atoms with Crippen LogP contribution < -0.4 is 4.74 Å². The Hall–Kier alpha value is -3.15.